The number of ether oxygens (including phenoxy) is 1. The summed E-state index contributed by atoms with van der Waals surface area (Å²) < 4.78 is 5.89. The van der Waals surface area contributed by atoms with Crippen LogP contribution in [0.3, 0.4) is 0 Å². The Morgan fingerprint density at radius 1 is 1.09 bits per heavy atom. The van der Waals surface area contributed by atoms with Gasteiger partial charge >= 0.3 is 5.97 Å². The van der Waals surface area contributed by atoms with Crippen molar-refractivity contribution < 1.29 is 14.6 Å². The third-order valence-electron chi connectivity index (χ3n) is 3.65. The minimum atomic E-state index is -0.831. The fourth-order valence-corrected chi connectivity index (χ4v) is 2.35. The molecule has 4 nitrogen and oxygen atoms in total. The maximum atomic E-state index is 11.3. The van der Waals surface area contributed by atoms with Gasteiger partial charge in [-0.15, -0.1) is 0 Å². The van der Waals surface area contributed by atoms with Crippen LogP contribution in [0.2, 0.25) is 0 Å². The summed E-state index contributed by atoms with van der Waals surface area (Å²) in [6.07, 6.45) is 0. The Kier molecular flexibility index (Phi) is 6.18. The van der Waals surface area contributed by atoms with Crippen LogP contribution >= 0.6 is 0 Å². The molecule has 0 aliphatic carbocycles. The molecule has 0 saturated heterocycles. The second-order valence-corrected chi connectivity index (χ2v) is 5.82. The molecule has 122 valence electrons. The Bertz CT molecular complexity index is 626. The quantitative estimate of drug-likeness (QED) is 0.783. The van der Waals surface area contributed by atoms with Crippen LogP contribution in [0.4, 0.5) is 0 Å². The highest BCUT2D eigenvalue weighted by atomic mass is 16.5. The van der Waals surface area contributed by atoms with Gasteiger partial charge in [-0.05, 0) is 17.5 Å². The molecule has 1 unspecified atom stereocenters. The molecule has 23 heavy (non-hydrogen) atoms. The van der Waals surface area contributed by atoms with Crippen LogP contribution in [0.5, 0.6) is 5.75 Å². The molecule has 0 radical (unpaired) electrons. The van der Waals surface area contributed by atoms with Crippen LogP contribution in [0.1, 0.15) is 25.0 Å². The van der Waals surface area contributed by atoms with E-state index in [1.807, 2.05) is 68.4 Å². The highest BCUT2D eigenvalue weighted by molar-refractivity contribution is 5.73. The molecule has 0 aromatic heterocycles. The number of aliphatic carboxylic acids is 1. The van der Waals surface area contributed by atoms with Crippen LogP contribution < -0.4 is 10.1 Å². The molecule has 0 fully saturated rings. The lowest BCUT2D eigenvalue weighted by molar-refractivity contribution is -0.140. The van der Waals surface area contributed by atoms with Crippen LogP contribution in [-0.2, 0) is 17.9 Å². The summed E-state index contributed by atoms with van der Waals surface area (Å²) in [5.74, 6) is -0.0377. The summed E-state index contributed by atoms with van der Waals surface area (Å²) >= 11 is 0. The predicted molar refractivity (Wildman–Crippen MR) is 90.3 cm³/mol. The first-order valence-electron chi connectivity index (χ1n) is 7.78. The SMILES string of the molecule is CC(C)C(NCc1ccccc1OCc1ccccc1)C(=O)O. The van der Waals surface area contributed by atoms with E-state index in [2.05, 4.69) is 5.32 Å². The van der Waals surface area contributed by atoms with Crippen LogP contribution in [0.15, 0.2) is 54.6 Å². The molecular weight excluding hydrogens is 290 g/mol. The van der Waals surface area contributed by atoms with Crippen molar-refractivity contribution in [2.75, 3.05) is 0 Å². The zero-order valence-electron chi connectivity index (χ0n) is 13.5. The summed E-state index contributed by atoms with van der Waals surface area (Å²) in [6.45, 7) is 4.73. The first kappa shape index (κ1) is 17.0. The molecule has 0 aliphatic rings. The van der Waals surface area contributed by atoms with Crippen molar-refractivity contribution >= 4 is 5.97 Å². The number of nitrogens with one attached hydrogen (secondary N) is 1. The third-order valence-corrected chi connectivity index (χ3v) is 3.65. The van der Waals surface area contributed by atoms with Crippen LogP contribution in [0.25, 0.3) is 0 Å². The van der Waals surface area contributed by atoms with Gasteiger partial charge in [0.1, 0.15) is 18.4 Å². The Hall–Kier alpha value is -2.33. The monoisotopic (exact) mass is 313 g/mol. The molecule has 2 aromatic carbocycles. The molecule has 0 aliphatic heterocycles. The van der Waals surface area contributed by atoms with E-state index in [1.54, 1.807) is 0 Å². The molecule has 2 aromatic rings. The Morgan fingerprint density at radius 3 is 2.39 bits per heavy atom. The van der Waals surface area contributed by atoms with Gasteiger partial charge in [0.05, 0.1) is 0 Å². The smallest absolute Gasteiger partial charge is 0.320 e. The van der Waals surface area contributed by atoms with Gasteiger partial charge in [-0.2, -0.15) is 0 Å². The van der Waals surface area contributed by atoms with E-state index in [9.17, 15) is 9.90 Å². The van der Waals surface area contributed by atoms with Gasteiger partial charge in [-0.25, -0.2) is 0 Å². The number of rotatable bonds is 8. The second kappa shape index (κ2) is 8.34. The van der Waals surface area contributed by atoms with Crippen molar-refractivity contribution in [1.82, 2.24) is 5.32 Å². The van der Waals surface area contributed by atoms with E-state index in [4.69, 9.17) is 4.74 Å². The first-order chi connectivity index (χ1) is 11.1. The second-order valence-electron chi connectivity index (χ2n) is 5.82. The zero-order valence-corrected chi connectivity index (χ0v) is 13.5. The van der Waals surface area contributed by atoms with Crippen molar-refractivity contribution in [2.45, 2.75) is 33.0 Å². The van der Waals surface area contributed by atoms with Gasteiger partial charge in [-0.1, -0.05) is 62.4 Å². The number of carboxylic acids is 1. The average Bonchev–Trinajstić information content (AvgIpc) is 2.54. The summed E-state index contributed by atoms with van der Waals surface area (Å²) in [5, 5.41) is 12.3. The van der Waals surface area contributed by atoms with Crippen LogP contribution in [-0.4, -0.2) is 17.1 Å². The van der Waals surface area contributed by atoms with Crippen molar-refractivity contribution in [2.24, 2.45) is 5.92 Å². The Balaban J connectivity index is 2.01. The molecule has 0 heterocycles. The molecule has 4 heteroatoms. The molecule has 0 spiro atoms. The van der Waals surface area contributed by atoms with Gasteiger partial charge in [0.25, 0.3) is 0 Å². The number of hydrogen-bond donors (Lipinski definition) is 2. The minimum absolute atomic E-state index is 0.0184. The average molecular weight is 313 g/mol. The summed E-state index contributed by atoms with van der Waals surface area (Å²) in [7, 11) is 0. The van der Waals surface area contributed by atoms with Gasteiger partial charge in [0.2, 0.25) is 0 Å². The maximum Gasteiger partial charge on any atom is 0.320 e. The fourth-order valence-electron chi connectivity index (χ4n) is 2.35. The van der Waals surface area contributed by atoms with Gasteiger partial charge in [0, 0.05) is 12.1 Å². The largest absolute Gasteiger partial charge is 0.489 e. The van der Waals surface area contributed by atoms with Crippen molar-refractivity contribution in [1.29, 1.82) is 0 Å². The molecule has 0 bridgehead atoms. The molecule has 1 atom stereocenters. The topological polar surface area (TPSA) is 58.6 Å². The summed E-state index contributed by atoms with van der Waals surface area (Å²) in [5.41, 5.74) is 2.05. The highest BCUT2D eigenvalue weighted by Crippen LogP contribution is 2.20. The maximum absolute atomic E-state index is 11.3. The Morgan fingerprint density at radius 2 is 1.74 bits per heavy atom. The highest BCUT2D eigenvalue weighted by Gasteiger charge is 2.20. The molecule has 2 N–H and O–H groups in total. The number of hydrogen-bond acceptors (Lipinski definition) is 3. The standard InChI is InChI=1S/C19H23NO3/c1-14(2)18(19(21)22)20-12-16-10-6-7-11-17(16)23-13-15-8-4-3-5-9-15/h3-11,14,18,20H,12-13H2,1-2H3,(H,21,22). The summed E-state index contributed by atoms with van der Waals surface area (Å²) in [4.78, 5) is 11.3. The number of benzene rings is 2. The fraction of sp³-hybridized carbons (Fsp3) is 0.316. The normalized spacial score (nSPS) is 12.1. The van der Waals surface area contributed by atoms with E-state index in [0.717, 1.165) is 16.9 Å². The van der Waals surface area contributed by atoms with Crippen molar-refractivity contribution in [3.8, 4) is 5.75 Å². The number of para-hydroxylation sites is 1. The van der Waals surface area contributed by atoms with Gasteiger partial charge < -0.3 is 9.84 Å². The summed E-state index contributed by atoms with van der Waals surface area (Å²) in [6, 6.07) is 17.1. The molecular formula is C19H23NO3. The van der Waals surface area contributed by atoms with Gasteiger partial charge in [0.15, 0.2) is 0 Å². The third kappa shape index (κ3) is 5.11. The van der Waals surface area contributed by atoms with Crippen molar-refractivity contribution in [3.05, 3.63) is 65.7 Å². The predicted octanol–water partition coefficient (Wildman–Crippen LogP) is 3.46. The lowest BCUT2D eigenvalue weighted by Gasteiger charge is -2.19. The van der Waals surface area contributed by atoms with Crippen molar-refractivity contribution in [3.63, 3.8) is 0 Å². The number of carbonyl (C=O) groups is 1. The minimum Gasteiger partial charge on any atom is -0.489 e. The Labute approximate surface area is 137 Å². The molecule has 0 amide bonds. The zero-order chi connectivity index (χ0) is 16.7. The van der Waals surface area contributed by atoms with E-state index in [-0.39, 0.29) is 5.92 Å². The lowest BCUT2D eigenvalue weighted by Crippen LogP contribution is -2.40. The van der Waals surface area contributed by atoms with E-state index in [1.165, 1.54) is 0 Å². The lowest BCUT2D eigenvalue weighted by atomic mass is 10.0. The molecule has 2 rings (SSSR count). The van der Waals surface area contributed by atoms with E-state index in [0.29, 0.717) is 13.2 Å². The van der Waals surface area contributed by atoms with Crippen LogP contribution in [0, 0.1) is 5.92 Å². The number of carboxylic acid groups (broad SMARTS) is 1. The van der Waals surface area contributed by atoms with Gasteiger partial charge in [-0.3, -0.25) is 10.1 Å². The van der Waals surface area contributed by atoms with E-state index < -0.39 is 12.0 Å². The van der Waals surface area contributed by atoms with E-state index >= 15 is 0 Å². The molecule has 0 saturated carbocycles. The first-order valence-corrected chi connectivity index (χ1v) is 7.78.